The van der Waals surface area contributed by atoms with Crippen LogP contribution in [0.15, 0.2) is 48.5 Å². The highest BCUT2D eigenvalue weighted by Gasteiger charge is 2.57. The van der Waals surface area contributed by atoms with Crippen molar-refractivity contribution in [2.45, 2.75) is 18.0 Å². The van der Waals surface area contributed by atoms with Crippen molar-refractivity contribution in [3.63, 3.8) is 0 Å². The summed E-state index contributed by atoms with van der Waals surface area (Å²) in [7, 11) is 0. The van der Waals surface area contributed by atoms with Gasteiger partial charge in [-0.1, -0.05) is 36.4 Å². The Kier molecular flexibility index (Phi) is 3.85. The van der Waals surface area contributed by atoms with Crippen molar-refractivity contribution in [1.29, 1.82) is 0 Å². The number of rotatable bonds is 3. The smallest absolute Gasteiger partial charge is 0.142 e. The molecule has 0 amide bonds. The maximum absolute atomic E-state index is 14.3. The molecular weight excluding hydrogens is 316 g/mol. The number of aliphatic hydroxyl groups is 1. The Morgan fingerprint density at radius 1 is 0.917 bits per heavy atom. The van der Waals surface area contributed by atoms with Crippen molar-refractivity contribution < 1.29 is 23.4 Å². The molecule has 24 heavy (non-hydrogen) atoms. The van der Waals surface area contributed by atoms with Gasteiger partial charge in [-0.2, -0.15) is 0 Å². The van der Waals surface area contributed by atoms with Crippen LogP contribution in [0.4, 0.5) is 8.78 Å². The van der Waals surface area contributed by atoms with E-state index in [1.54, 1.807) is 41.3 Å². The molecule has 1 N–H and O–H groups in total. The largest absolute Gasteiger partial charge is 0.394 e. The first-order valence-corrected chi connectivity index (χ1v) is 7.78. The van der Waals surface area contributed by atoms with Crippen LogP contribution in [-0.2, 0) is 9.47 Å². The molecule has 6 heteroatoms. The fourth-order valence-corrected chi connectivity index (χ4v) is 3.44. The zero-order chi connectivity index (χ0) is 16.7. The van der Waals surface area contributed by atoms with Crippen LogP contribution in [0.3, 0.4) is 0 Å². The Labute approximate surface area is 138 Å². The van der Waals surface area contributed by atoms with Gasteiger partial charge in [-0.05, 0) is 12.1 Å². The minimum absolute atomic E-state index is 0.188. The maximum Gasteiger partial charge on any atom is 0.142 e. The summed E-state index contributed by atoms with van der Waals surface area (Å²) >= 11 is 0. The highest BCUT2D eigenvalue weighted by molar-refractivity contribution is 5.27. The van der Waals surface area contributed by atoms with Crippen molar-refractivity contribution in [2.75, 3.05) is 19.8 Å². The van der Waals surface area contributed by atoms with Crippen LogP contribution < -0.4 is 0 Å². The molecule has 2 saturated heterocycles. The first-order chi connectivity index (χ1) is 11.7. The van der Waals surface area contributed by atoms with Crippen LogP contribution in [0, 0.1) is 11.6 Å². The molecule has 0 radical (unpaired) electrons. The first-order valence-electron chi connectivity index (χ1n) is 7.78. The van der Waals surface area contributed by atoms with E-state index in [2.05, 4.69) is 0 Å². The van der Waals surface area contributed by atoms with Crippen LogP contribution >= 0.6 is 0 Å². The molecule has 0 aromatic heterocycles. The molecule has 2 aromatic carbocycles. The number of fused-ring (bicyclic) bond motifs is 1. The number of benzene rings is 2. The summed E-state index contributed by atoms with van der Waals surface area (Å²) in [5, 5.41) is 9.91. The van der Waals surface area contributed by atoms with Crippen molar-refractivity contribution in [3.8, 4) is 0 Å². The Morgan fingerprint density at radius 2 is 1.38 bits per heavy atom. The zero-order valence-electron chi connectivity index (χ0n) is 12.9. The van der Waals surface area contributed by atoms with Crippen LogP contribution in [0.25, 0.3) is 0 Å². The number of halogens is 2. The number of ether oxygens (including phenoxy) is 2. The van der Waals surface area contributed by atoms with Gasteiger partial charge in [0, 0.05) is 11.1 Å². The molecule has 0 spiro atoms. The number of aliphatic hydroxyl groups excluding tert-OH is 1. The zero-order valence-corrected chi connectivity index (χ0v) is 12.9. The van der Waals surface area contributed by atoms with Crippen molar-refractivity contribution in [1.82, 2.24) is 4.90 Å². The average molecular weight is 333 g/mol. The van der Waals surface area contributed by atoms with Crippen LogP contribution in [0.1, 0.15) is 23.6 Å². The fourth-order valence-electron chi connectivity index (χ4n) is 3.44. The van der Waals surface area contributed by atoms with Gasteiger partial charge in [0.1, 0.15) is 24.1 Å². The third kappa shape index (κ3) is 2.26. The number of nitrogens with zero attached hydrogens (tertiary/aromatic N) is 1. The lowest BCUT2D eigenvalue weighted by atomic mass is 10.0. The van der Waals surface area contributed by atoms with Gasteiger partial charge in [0.25, 0.3) is 0 Å². The van der Waals surface area contributed by atoms with E-state index in [1.165, 1.54) is 12.1 Å². The third-order valence-electron chi connectivity index (χ3n) is 4.71. The van der Waals surface area contributed by atoms with E-state index < -0.39 is 29.6 Å². The van der Waals surface area contributed by atoms with Gasteiger partial charge in [-0.15, -0.1) is 0 Å². The molecule has 0 saturated carbocycles. The SMILES string of the molecule is OCC12COC(c3ccccc3F)N1C(c1ccccc1F)OC2. The van der Waals surface area contributed by atoms with Crippen LogP contribution in [0.5, 0.6) is 0 Å². The third-order valence-corrected chi connectivity index (χ3v) is 4.71. The summed E-state index contributed by atoms with van der Waals surface area (Å²) in [6, 6.07) is 12.6. The van der Waals surface area contributed by atoms with Crippen LogP contribution in [0.2, 0.25) is 0 Å². The monoisotopic (exact) mass is 333 g/mol. The predicted molar refractivity (Wildman–Crippen MR) is 81.8 cm³/mol. The quantitative estimate of drug-likeness (QED) is 0.938. The number of hydrogen-bond acceptors (Lipinski definition) is 4. The summed E-state index contributed by atoms with van der Waals surface area (Å²) in [6.07, 6.45) is -1.49. The van der Waals surface area contributed by atoms with Crippen LogP contribution in [-0.4, -0.2) is 35.4 Å². The normalized spacial score (nSPS) is 29.8. The van der Waals surface area contributed by atoms with Crippen molar-refractivity contribution in [3.05, 3.63) is 71.3 Å². The van der Waals surface area contributed by atoms with Gasteiger partial charge in [-0.3, -0.25) is 0 Å². The van der Waals surface area contributed by atoms with Gasteiger partial charge in [0.05, 0.1) is 25.4 Å². The van der Waals surface area contributed by atoms with E-state index in [4.69, 9.17) is 9.47 Å². The molecule has 0 aliphatic carbocycles. The second-order valence-corrected chi connectivity index (χ2v) is 6.16. The molecular formula is C18H17F2NO3. The van der Waals surface area contributed by atoms with Crippen molar-refractivity contribution in [2.24, 2.45) is 0 Å². The Bertz CT molecular complexity index is 697. The molecule has 2 unspecified atom stereocenters. The van der Waals surface area contributed by atoms with Gasteiger partial charge in [0.2, 0.25) is 0 Å². The van der Waals surface area contributed by atoms with Gasteiger partial charge < -0.3 is 14.6 Å². The van der Waals surface area contributed by atoms with E-state index in [0.717, 1.165) is 0 Å². The second-order valence-electron chi connectivity index (χ2n) is 6.16. The molecule has 2 aliphatic heterocycles. The lowest BCUT2D eigenvalue weighted by Crippen LogP contribution is -2.47. The molecule has 2 fully saturated rings. The minimum Gasteiger partial charge on any atom is -0.394 e. The van der Waals surface area contributed by atoms with Gasteiger partial charge in [0.15, 0.2) is 0 Å². The van der Waals surface area contributed by atoms with E-state index in [-0.39, 0.29) is 19.8 Å². The van der Waals surface area contributed by atoms with Gasteiger partial charge in [-0.25, -0.2) is 13.7 Å². The highest BCUT2D eigenvalue weighted by Crippen LogP contribution is 2.49. The lowest BCUT2D eigenvalue weighted by Gasteiger charge is -2.33. The topological polar surface area (TPSA) is 41.9 Å². The maximum atomic E-state index is 14.3. The molecule has 4 nitrogen and oxygen atoms in total. The average Bonchev–Trinajstić information content (AvgIpc) is 3.14. The lowest BCUT2D eigenvalue weighted by molar-refractivity contribution is -0.0657. The summed E-state index contributed by atoms with van der Waals surface area (Å²) in [5.41, 5.74) is -0.112. The second kappa shape index (κ2) is 5.89. The van der Waals surface area contributed by atoms with E-state index in [1.807, 2.05) is 0 Å². The highest BCUT2D eigenvalue weighted by atomic mass is 19.1. The Morgan fingerprint density at radius 3 is 1.79 bits per heavy atom. The first kappa shape index (κ1) is 15.7. The Balaban J connectivity index is 1.79. The fraction of sp³-hybridized carbons (Fsp3) is 0.333. The van der Waals surface area contributed by atoms with E-state index in [9.17, 15) is 13.9 Å². The molecule has 2 aromatic rings. The van der Waals surface area contributed by atoms with E-state index >= 15 is 0 Å². The van der Waals surface area contributed by atoms with Crippen molar-refractivity contribution >= 4 is 0 Å². The molecule has 2 heterocycles. The molecule has 0 bridgehead atoms. The standard InChI is InChI=1S/C18H17F2NO3/c19-14-7-3-1-5-12(14)16-21-17(13-6-2-4-8-15(13)20)24-11-18(21,9-22)10-23-16/h1-8,16-17,22H,9-11H2. The molecule has 126 valence electrons. The Hall–Kier alpha value is -1.86. The van der Waals surface area contributed by atoms with Gasteiger partial charge >= 0.3 is 0 Å². The summed E-state index contributed by atoms with van der Waals surface area (Å²) in [6.45, 7) is 0.157. The molecule has 2 atom stereocenters. The summed E-state index contributed by atoms with van der Waals surface area (Å²) in [5.74, 6) is -0.814. The summed E-state index contributed by atoms with van der Waals surface area (Å²) < 4.78 is 40.1. The number of hydrogen-bond donors (Lipinski definition) is 1. The van der Waals surface area contributed by atoms with E-state index in [0.29, 0.717) is 11.1 Å². The molecule has 4 rings (SSSR count). The predicted octanol–water partition coefficient (Wildman–Crippen LogP) is 2.76. The summed E-state index contributed by atoms with van der Waals surface area (Å²) in [4.78, 5) is 1.74. The minimum atomic E-state index is -0.806. The molecule has 2 aliphatic rings.